The molecule has 0 bridgehead atoms. The van der Waals surface area contributed by atoms with Crippen LogP contribution in [0.25, 0.3) is 9.53 Å². The maximum absolute atomic E-state index is 12.4. The lowest BCUT2D eigenvalue weighted by atomic mass is 9.79. The highest BCUT2D eigenvalue weighted by Crippen LogP contribution is 2.52. The quantitative estimate of drug-likeness (QED) is 0.542. The summed E-state index contributed by atoms with van der Waals surface area (Å²) in [5, 5.41) is 23.3. The number of carboxylic acids is 1. The number of esters is 1. The molecule has 28 heavy (non-hydrogen) atoms. The summed E-state index contributed by atoms with van der Waals surface area (Å²) in [4.78, 5) is 42.1. The van der Waals surface area contributed by atoms with Gasteiger partial charge in [-0.05, 0) is 6.92 Å². The molecule has 0 aromatic carbocycles. The zero-order valence-electron chi connectivity index (χ0n) is 15.0. The molecule has 4 atom stereocenters. The largest absolute Gasteiger partial charge is 0.543 e. The molecule has 2 aliphatic rings. The van der Waals surface area contributed by atoms with E-state index in [9.17, 15) is 24.6 Å². The first kappa shape index (κ1) is 19.4. The highest BCUT2D eigenvalue weighted by atomic mass is 32.2. The minimum Gasteiger partial charge on any atom is -0.543 e. The third kappa shape index (κ3) is 2.68. The number of carbonyl (C=O) groups excluding carboxylic acids is 3. The highest BCUT2D eigenvalue weighted by Gasteiger charge is 2.58. The number of rotatable bonds is 5. The minimum absolute atomic E-state index is 0.156. The van der Waals surface area contributed by atoms with Crippen LogP contribution in [0.5, 0.6) is 0 Å². The van der Waals surface area contributed by atoms with Crippen molar-refractivity contribution >= 4 is 61.8 Å². The van der Waals surface area contributed by atoms with E-state index in [0.717, 1.165) is 15.8 Å². The van der Waals surface area contributed by atoms with E-state index in [-0.39, 0.29) is 11.6 Å². The molecule has 0 unspecified atom stereocenters. The summed E-state index contributed by atoms with van der Waals surface area (Å²) >= 11 is 3.87. The number of ether oxygens (including phenoxy) is 1. The topological polar surface area (TPSA) is 120 Å². The smallest absolute Gasteiger partial charge is 0.340 e. The number of aliphatic carboxylic acids is 1. The van der Waals surface area contributed by atoms with Gasteiger partial charge in [0.25, 0.3) is 0 Å². The van der Waals surface area contributed by atoms with E-state index in [0.29, 0.717) is 20.3 Å². The van der Waals surface area contributed by atoms with Crippen LogP contribution >= 0.6 is 34.4 Å². The number of thiazole rings is 1. The maximum Gasteiger partial charge on any atom is 0.340 e. The van der Waals surface area contributed by atoms with Crippen molar-refractivity contribution in [2.45, 2.75) is 30.3 Å². The molecule has 2 aromatic heterocycles. The Morgan fingerprint density at radius 3 is 2.79 bits per heavy atom. The summed E-state index contributed by atoms with van der Waals surface area (Å²) in [6.45, 7) is 3.35. The summed E-state index contributed by atoms with van der Waals surface area (Å²) in [5.41, 5.74) is 0.732. The van der Waals surface area contributed by atoms with Crippen molar-refractivity contribution in [3.63, 3.8) is 0 Å². The molecule has 4 heterocycles. The molecule has 2 aromatic rings. The van der Waals surface area contributed by atoms with Crippen LogP contribution in [0.4, 0.5) is 0 Å². The maximum atomic E-state index is 12.4. The molecule has 1 fully saturated rings. The lowest BCUT2D eigenvalue weighted by Crippen LogP contribution is -2.64. The van der Waals surface area contributed by atoms with E-state index in [4.69, 9.17) is 4.74 Å². The standard InChI is InChI=1S/C17H16N2O6S3/c1-5-10-8(6(2)20)13(21)19(10)11(14(22)23)12(5)27-17-18-9-7(15(24)25-3)4-26-16(9)28-17/h4-6,8,10,20H,1-3H3,(H,22,23)/p-1/t5-,6-,8-,10-/m1/s1. The van der Waals surface area contributed by atoms with Crippen LogP contribution in [-0.2, 0) is 14.3 Å². The second-order valence-corrected chi connectivity index (χ2v) is 10.0. The third-order valence-electron chi connectivity index (χ3n) is 5.02. The van der Waals surface area contributed by atoms with Crippen LogP contribution < -0.4 is 5.11 Å². The number of hydrogen-bond donors (Lipinski definition) is 1. The summed E-state index contributed by atoms with van der Waals surface area (Å²) in [6, 6.07) is -0.408. The van der Waals surface area contributed by atoms with Gasteiger partial charge in [-0.15, -0.1) is 11.3 Å². The average Bonchev–Trinajstić information content (AvgIpc) is 3.26. The predicted octanol–water partition coefficient (Wildman–Crippen LogP) is 1.06. The second-order valence-electron chi connectivity index (χ2n) is 6.61. The number of nitrogens with zero attached hydrogens (tertiary/aromatic N) is 2. The van der Waals surface area contributed by atoms with Gasteiger partial charge in [0.15, 0.2) is 4.34 Å². The fourth-order valence-electron chi connectivity index (χ4n) is 3.75. The van der Waals surface area contributed by atoms with Crippen molar-refractivity contribution < 1.29 is 29.3 Å². The average molecular weight is 440 g/mol. The number of amides is 1. The van der Waals surface area contributed by atoms with Crippen molar-refractivity contribution in [3.05, 3.63) is 21.5 Å². The number of aliphatic hydroxyl groups excluding tert-OH is 1. The van der Waals surface area contributed by atoms with Gasteiger partial charge in [0.2, 0.25) is 5.91 Å². The van der Waals surface area contributed by atoms with E-state index < -0.39 is 35.9 Å². The Morgan fingerprint density at radius 1 is 1.46 bits per heavy atom. The van der Waals surface area contributed by atoms with E-state index in [2.05, 4.69) is 4.98 Å². The predicted molar refractivity (Wildman–Crippen MR) is 102 cm³/mol. The Labute approximate surface area is 171 Å². The van der Waals surface area contributed by atoms with Crippen LogP contribution in [0.15, 0.2) is 20.3 Å². The number of aromatic nitrogens is 1. The van der Waals surface area contributed by atoms with Gasteiger partial charge in [0.05, 0.1) is 42.4 Å². The lowest BCUT2D eigenvalue weighted by molar-refractivity contribution is -0.301. The van der Waals surface area contributed by atoms with E-state index in [1.165, 1.54) is 41.6 Å². The number of carboxylic acid groups (broad SMARTS) is 1. The Balaban J connectivity index is 1.70. The van der Waals surface area contributed by atoms with Crippen molar-refractivity contribution in [2.24, 2.45) is 11.8 Å². The number of aliphatic hydroxyl groups is 1. The second kappa shape index (κ2) is 6.83. The molecule has 0 spiro atoms. The van der Waals surface area contributed by atoms with Crippen molar-refractivity contribution in [1.82, 2.24) is 9.88 Å². The number of hydrogen-bond acceptors (Lipinski definition) is 10. The molecule has 11 heteroatoms. The zero-order chi connectivity index (χ0) is 20.3. The van der Waals surface area contributed by atoms with E-state index in [1.54, 1.807) is 5.38 Å². The Hall–Kier alpha value is -1.95. The molecule has 1 saturated heterocycles. The number of β-lactam (4-membered cyclic amide) rings is 1. The Bertz CT molecular complexity index is 1040. The monoisotopic (exact) mass is 439 g/mol. The molecule has 0 aliphatic carbocycles. The fraction of sp³-hybridized carbons (Fsp3) is 0.412. The number of carbonyl (C=O) groups is 3. The molecule has 1 N–H and O–H groups in total. The van der Waals surface area contributed by atoms with Gasteiger partial charge < -0.3 is 24.6 Å². The van der Waals surface area contributed by atoms with Crippen LogP contribution in [0.3, 0.4) is 0 Å². The first-order valence-corrected chi connectivity index (χ1v) is 10.9. The fourth-order valence-corrected chi connectivity index (χ4v) is 7.34. The Morgan fingerprint density at radius 2 is 2.18 bits per heavy atom. The van der Waals surface area contributed by atoms with Crippen molar-refractivity contribution in [3.8, 4) is 0 Å². The van der Waals surface area contributed by atoms with Gasteiger partial charge in [-0.1, -0.05) is 30.0 Å². The number of fused-ring (bicyclic) bond motifs is 2. The summed E-state index contributed by atoms with van der Waals surface area (Å²) in [5.74, 6) is -3.23. The molecule has 0 saturated carbocycles. The number of methoxy groups -OCH3 is 1. The van der Waals surface area contributed by atoms with E-state index >= 15 is 0 Å². The van der Waals surface area contributed by atoms with Crippen LogP contribution in [-0.4, -0.2) is 52.1 Å². The van der Waals surface area contributed by atoms with Crippen molar-refractivity contribution in [1.29, 1.82) is 0 Å². The Kier molecular flexibility index (Phi) is 4.73. The molecule has 1 amide bonds. The SMILES string of the molecule is COC(=O)c1csc2sc(SC3=C(C(=O)[O-])N4C(=O)[C@H]([C@@H](C)O)[C@H]4[C@H]3C)nc12. The molecule has 148 valence electrons. The van der Waals surface area contributed by atoms with E-state index in [1.807, 2.05) is 6.92 Å². The van der Waals surface area contributed by atoms with Crippen LogP contribution in [0, 0.1) is 11.8 Å². The molecular formula is C17H15N2O6S3-. The van der Waals surface area contributed by atoms with Crippen molar-refractivity contribution in [2.75, 3.05) is 7.11 Å². The van der Waals surface area contributed by atoms with Gasteiger partial charge in [-0.25, -0.2) is 9.78 Å². The van der Waals surface area contributed by atoms with Crippen LogP contribution in [0.1, 0.15) is 24.2 Å². The van der Waals surface area contributed by atoms with Gasteiger partial charge in [0.1, 0.15) is 9.53 Å². The van der Waals surface area contributed by atoms with Gasteiger partial charge in [-0.2, -0.15) is 0 Å². The third-order valence-corrected chi connectivity index (χ3v) is 8.52. The van der Waals surface area contributed by atoms with Gasteiger partial charge in [0, 0.05) is 16.2 Å². The number of thioether (sulfide) groups is 1. The number of thiophene rings is 1. The summed E-state index contributed by atoms with van der Waals surface area (Å²) < 4.78 is 6.15. The first-order valence-electron chi connectivity index (χ1n) is 8.37. The highest BCUT2D eigenvalue weighted by molar-refractivity contribution is 8.04. The normalized spacial score (nSPS) is 25.1. The molecular weight excluding hydrogens is 424 g/mol. The lowest BCUT2D eigenvalue weighted by Gasteiger charge is -2.47. The summed E-state index contributed by atoms with van der Waals surface area (Å²) in [6.07, 6.45) is -0.864. The molecule has 8 nitrogen and oxygen atoms in total. The zero-order valence-corrected chi connectivity index (χ0v) is 17.4. The van der Waals surface area contributed by atoms with Gasteiger partial charge in [-0.3, -0.25) is 4.79 Å². The minimum atomic E-state index is -1.43. The van der Waals surface area contributed by atoms with Crippen LogP contribution in [0.2, 0.25) is 0 Å². The molecule has 0 radical (unpaired) electrons. The molecule has 2 aliphatic heterocycles. The first-order chi connectivity index (χ1) is 13.3. The summed E-state index contributed by atoms with van der Waals surface area (Å²) in [7, 11) is 1.30. The molecule has 4 rings (SSSR count). The van der Waals surface area contributed by atoms with Gasteiger partial charge >= 0.3 is 5.97 Å².